The Morgan fingerprint density at radius 3 is 2.81 bits per heavy atom. The first-order chi connectivity index (χ1) is 10.0. The SMILES string of the molecule is CC1CC1(C(=O)O)C(=O)NCc1ccc2c(n1)OCCO2. The number of nitrogens with zero attached hydrogens (tertiary/aromatic N) is 1. The van der Waals surface area contributed by atoms with Crippen LogP contribution in [0, 0.1) is 11.3 Å². The molecule has 1 aromatic heterocycles. The van der Waals surface area contributed by atoms with Crippen LogP contribution in [0.4, 0.5) is 0 Å². The Morgan fingerprint density at radius 1 is 1.43 bits per heavy atom. The molecule has 1 aromatic rings. The molecule has 2 N–H and O–H groups in total. The molecular formula is C14H16N2O5. The second kappa shape index (κ2) is 4.91. The smallest absolute Gasteiger partial charge is 0.319 e. The van der Waals surface area contributed by atoms with Gasteiger partial charge in [0.1, 0.15) is 18.6 Å². The van der Waals surface area contributed by atoms with Crippen LogP contribution in [0.25, 0.3) is 0 Å². The first-order valence-corrected chi connectivity index (χ1v) is 6.81. The van der Waals surface area contributed by atoms with Crippen molar-refractivity contribution in [3.05, 3.63) is 17.8 Å². The number of pyridine rings is 1. The van der Waals surface area contributed by atoms with E-state index in [4.69, 9.17) is 9.47 Å². The van der Waals surface area contributed by atoms with Gasteiger partial charge in [-0.3, -0.25) is 9.59 Å². The Morgan fingerprint density at radius 2 is 2.14 bits per heavy atom. The van der Waals surface area contributed by atoms with Crippen LogP contribution in [-0.4, -0.2) is 35.2 Å². The van der Waals surface area contributed by atoms with Crippen molar-refractivity contribution in [3.63, 3.8) is 0 Å². The summed E-state index contributed by atoms with van der Waals surface area (Å²) in [5.74, 6) is -0.681. The Kier molecular flexibility index (Phi) is 3.19. The van der Waals surface area contributed by atoms with Gasteiger partial charge in [-0.05, 0) is 24.5 Å². The third kappa shape index (κ3) is 2.28. The summed E-state index contributed by atoms with van der Waals surface area (Å²) in [5, 5.41) is 11.8. The van der Waals surface area contributed by atoms with Gasteiger partial charge in [0.25, 0.3) is 5.88 Å². The van der Waals surface area contributed by atoms with Gasteiger partial charge in [0.2, 0.25) is 5.91 Å². The number of carbonyl (C=O) groups is 2. The molecule has 0 bridgehead atoms. The quantitative estimate of drug-likeness (QED) is 0.788. The third-order valence-corrected chi connectivity index (χ3v) is 3.99. The number of fused-ring (bicyclic) bond motifs is 1. The summed E-state index contributed by atoms with van der Waals surface area (Å²) in [7, 11) is 0. The molecule has 112 valence electrons. The van der Waals surface area contributed by atoms with Crippen molar-refractivity contribution in [3.8, 4) is 11.6 Å². The standard InChI is InChI=1S/C14H16N2O5/c1-8-6-14(8,13(18)19)12(17)15-7-9-2-3-10-11(16-9)21-5-4-20-10/h2-3,8H,4-7H2,1H3,(H,15,17)(H,18,19). The molecule has 1 amide bonds. The van der Waals surface area contributed by atoms with E-state index in [2.05, 4.69) is 10.3 Å². The summed E-state index contributed by atoms with van der Waals surface area (Å²) in [5.41, 5.74) is -0.671. The Labute approximate surface area is 121 Å². The molecule has 0 aromatic carbocycles. The van der Waals surface area contributed by atoms with E-state index in [9.17, 15) is 14.7 Å². The largest absolute Gasteiger partial charge is 0.484 e. The molecule has 7 heteroatoms. The maximum Gasteiger partial charge on any atom is 0.319 e. The van der Waals surface area contributed by atoms with Crippen molar-refractivity contribution in [2.45, 2.75) is 19.9 Å². The fraction of sp³-hybridized carbons (Fsp3) is 0.500. The van der Waals surface area contributed by atoms with Gasteiger partial charge >= 0.3 is 5.97 Å². The summed E-state index contributed by atoms with van der Waals surface area (Å²) in [6.45, 7) is 2.85. The number of hydrogen-bond acceptors (Lipinski definition) is 5. The van der Waals surface area contributed by atoms with Crippen LogP contribution in [0.15, 0.2) is 12.1 Å². The van der Waals surface area contributed by atoms with Gasteiger partial charge in [-0.2, -0.15) is 0 Å². The lowest BCUT2D eigenvalue weighted by Gasteiger charge is -2.18. The number of carbonyl (C=O) groups excluding carboxylic acids is 1. The number of ether oxygens (including phenoxy) is 2. The number of rotatable bonds is 4. The van der Waals surface area contributed by atoms with Crippen molar-refractivity contribution >= 4 is 11.9 Å². The van der Waals surface area contributed by atoms with E-state index in [1.165, 1.54) is 0 Å². The average molecular weight is 292 g/mol. The monoisotopic (exact) mass is 292 g/mol. The molecule has 0 radical (unpaired) electrons. The molecule has 1 saturated carbocycles. The molecule has 7 nitrogen and oxygen atoms in total. The minimum absolute atomic E-state index is 0.136. The van der Waals surface area contributed by atoms with Crippen LogP contribution in [-0.2, 0) is 16.1 Å². The number of carboxylic acid groups (broad SMARTS) is 1. The maximum atomic E-state index is 12.1. The minimum Gasteiger partial charge on any atom is -0.484 e. The van der Waals surface area contributed by atoms with E-state index in [-0.39, 0.29) is 12.5 Å². The molecule has 1 aliphatic heterocycles. The van der Waals surface area contributed by atoms with Crippen LogP contribution >= 0.6 is 0 Å². The fourth-order valence-corrected chi connectivity index (χ4v) is 2.53. The lowest BCUT2D eigenvalue weighted by Crippen LogP contribution is -2.38. The van der Waals surface area contributed by atoms with E-state index >= 15 is 0 Å². The molecule has 0 saturated heterocycles. The Bertz CT molecular complexity index is 603. The van der Waals surface area contributed by atoms with Crippen LogP contribution in [0.3, 0.4) is 0 Å². The van der Waals surface area contributed by atoms with Gasteiger partial charge in [0.05, 0.1) is 12.2 Å². The molecule has 2 atom stereocenters. The summed E-state index contributed by atoms with van der Waals surface area (Å²) in [6.07, 6.45) is 0.378. The normalized spacial score (nSPS) is 26.0. The summed E-state index contributed by atoms with van der Waals surface area (Å²) < 4.78 is 10.7. The van der Waals surface area contributed by atoms with Crippen molar-refractivity contribution in [1.29, 1.82) is 0 Å². The topological polar surface area (TPSA) is 97.8 Å². The number of nitrogens with one attached hydrogen (secondary N) is 1. The maximum absolute atomic E-state index is 12.1. The second-order valence-corrected chi connectivity index (χ2v) is 5.37. The minimum atomic E-state index is -1.27. The van der Waals surface area contributed by atoms with Gasteiger partial charge < -0.3 is 19.9 Å². The highest BCUT2D eigenvalue weighted by Gasteiger charge is 2.63. The van der Waals surface area contributed by atoms with Crippen molar-refractivity contribution in [2.75, 3.05) is 13.2 Å². The molecule has 21 heavy (non-hydrogen) atoms. The molecule has 3 rings (SSSR count). The highest BCUT2D eigenvalue weighted by molar-refractivity contribution is 6.05. The Balaban J connectivity index is 1.65. The first kappa shape index (κ1) is 13.7. The number of carboxylic acids is 1. The van der Waals surface area contributed by atoms with Crippen LogP contribution in [0.2, 0.25) is 0 Å². The zero-order valence-electron chi connectivity index (χ0n) is 11.6. The first-order valence-electron chi connectivity index (χ1n) is 6.81. The van der Waals surface area contributed by atoms with E-state index < -0.39 is 17.3 Å². The molecule has 2 unspecified atom stereocenters. The van der Waals surface area contributed by atoms with Gasteiger partial charge in [-0.25, -0.2) is 4.98 Å². The van der Waals surface area contributed by atoms with Crippen LogP contribution in [0.1, 0.15) is 19.0 Å². The van der Waals surface area contributed by atoms with Gasteiger partial charge in [-0.15, -0.1) is 0 Å². The van der Waals surface area contributed by atoms with Gasteiger partial charge in [0.15, 0.2) is 5.75 Å². The van der Waals surface area contributed by atoms with Crippen molar-refractivity contribution < 1.29 is 24.2 Å². The Hall–Kier alpha value is -2.31. The van der Waals surface area contributed by atoms with Crippen LogP contribution < -0.4 is 14.8 Å². The van der Waals surface area contributed by atoms with Crippen molar-refractivity contribution in [2.24, 2.45) is 11.3 Å². The highest BCUT2D eigenvalue weighted by atomic mass is 16.6. The number of hydrogen-bond donors (Lipinski definition) is 2. The summed E-state index contributed by atoms with van der Waals surface area (Å²) in [6, 6.07) is 3.45. The van der Waals surface area contributed by atoms with E-state index in [1.54, 1.807) is 19.1 Å². The third-order valence-electron chi connectivity index (χ3n) is 3.99. The molecule has 0 spiro atoms. The summed E-state index contributed by atoms with van der Waals surface area (Å²) >= 11 is 0. The van der Waals surface area contributed by atoms with Gasteiger partial charge in [0, 0.05) is 0 Å². The highest BCUT2D eigenvalue weighted by Crippen LogP contribution is 2.52. The van der Waals surface area contributed by atoms with Crippen LogP contribution in [0.5, 0.6) is 11.6 Å². The number of aliphatic carboxylic acids is 1. The molecule has 1 aliphatic carbocycles. The molecular weight excluding hydrogens is 276 g/mol. The summed E-state index contributed by atoms with van der Waals surface area (Å²) in [4.78, 5) is 27.5. The van der Waals surface area contributed by atoms with E-state index in [0.29, 0.717) is 37.0 Å². The average Bonchev–Trinajstić information content (AvgIpc) is 3.17. The zero-order chi connectivity index (χ0) is 15.0. The lowest BCUT2D eigenvalue weighted by molar-refractivity contribution is -0.149. The lowest BCUT2D eigenvalue weighted by atomic mass is 10.0. The van der Waals surface area contributed by atoms with Crippen molar-refractivity contribution in [1.82, 2.24) is 10.3 Å². The second-order valence-electron chi connectivity index (χ2n) is 5.37. The molecule has 2 heterocycles. The van der Waals surface area contributed by atoms with E-state index in [0.717, 1.165) is 0 Å². The predicted molar refractivity (Wildman–Crippen MR) is 70.9 cm³/mol. The van der Waals surface area contributed by atoms with E-state index in [1.807, 2.05) is 0 Å². The molecule has 1 fully saturated rings. The number of amides is 1. The fourth-order valence-electron chi connectivity index (χ4n) is 2.53. The number of aromatic nitrogens is 1. The molecule has 2 aliphatic rings. The zero-order valence-corrected chi connectivity index (χ0v) is 11.6. The predicted octanol–water partition coefficient (Wildman–Crippen LogP) is 0.580. The van der Waals surface area contributed by atoms with Gasteiger partial charge in [-0.1, -0.05) is 6.92 Å².